The molecule has 26 heavy (non-hydrogen) atoms. The molecule has 1 aliphatic carbocycles. The standard InChI is InChI=1S/C17H16ClN3O4S/c18-13-4-2-1-3-12(13)16(25)21(11-5-6-11)8-14(22)20-17-19-10(9-26-17)7-15(23)24/h1-4,9,11H,5-8H2,(H,23,24)(H,19,20,22). The molecule has 1 aliphatic rings. The van der Waals surface area contributed by atoms with Gasteiger partial charge in [-0.1, -0.05) is 23.7 Å². The predicted octanol–water partition coefficient (Wildman–Crippen LogP) is 2.67. The number of nitrogens with one attached hydrogen (secondary N) is 1. The molecule has 1 heterocycles. The number of hydrogen-bond acceptors (Lipinski definition) is 5. The van der Waals surface area contributed by atoms with E-state index in [0.29, 0.717) is 21.4 Å². The van der Waals surface area contributed by atoms with Crippen molar-refractivity contribution in [2.24, 2.45) is 0 Å². The van der Waals surface area contributed by atoms with Crippen molar-refractivity contribution < 1.29 is 19.5 Å². The molecular formula is C17H16ClN3O4S. The molecular weight excluding hydrogens is 378 g/mol. The van der Waals surface area contributed by atoms with Gasteiger partial charge in [-0.3, -0.25) is 14.4 Å². The van der Waals surface area contributed by atoms with Crippen LogP contribution in [0, 0.1) is 0 Å². The van der Waals surface area contributed by atoms with Gasteiger partial charge in [-0.25, -0.2) is 4.98 Å². The van der Waals surface area contributed by atoms with E-state index in [0.717, 1.165) is 24.2 Å². The molecule has 1 saturated carbocycles. The molecule has 2 N–H and O–H groups in total. The Balaban J connectivity index is 1.66. The van der Waals surface area contributed by atoms with Crippen LogP contribution in [-0.2, 0) is 16.0 Å². The minimum absolute atomic E-state index is 0.0309. The van der Waals surface area contributed by atoms with E-state index >= 15 is 0 Å². The van der Waals surface area contributed by atoms with Gasteiger partial charge in [0.05, 0.1) is 22.7 Å². The van der Waals surface area contributed by atoms with Crippen molar-refractivity contribution in [3.05, 3.63) is 45.9 Å². The first-order valence-electron chi connectivity index (χ1n) is 7.95. The number of carboxylic acids is 1. The van der Waals surface area contributed by atoms with Crippen molar-refractivity contribution in [2.45, 2.75) is 25.3 Å². The number of halogens is 1. The number of hydrogen-bond donors (Lipinski definition) is 2. The van der Waals surface area contributed by atoms with Crippen molar-refractivity contribution in [1.82, 2.24) is 9.88 Å². The summed E-state index contributed by atoms with van der Waals surface area (Å²) >= 11 is 7.24. The summed E-state index contributed by atoms with van der Waals surface area (Å²) in [5.74, 6) is -1.65. The lowest BCUT2D eigenvalue weighted by molar-refractivity contribution is -0.136. The third-order valence-corrected chi connectivity index (χ3v) is 4.93. The first-order chi connectivity index (χ1) is 12.4. The highest BCUT2D eigenvalue weighted by Crippen LogP contribution is 2.29. The number of anilines is 1. The molecule has 3 rings (SSSR count). The topological polar surface area (TPSA) is 99.6 Å². The summed E-state index contributed by atoms with van der Waals surface area (Å²) in [6.07, 6.45) is 1.50. The van der Waals surface area contributed by atoms with Crippen LogP contribution < -0.4 is 5.32 Å². The first-order valence-corrected chi connectivity index (χ1v) is 9.21. The Bertz CT molecular complexity index is 850. The molecule has 0 bridgehead atoms. The zero-order chi connectivity index (χ0) is 18.7. The van der Waals surface area contributed by atoms with E-state index in [2.05, 4.69) is 10.3 Å². The van der Waals surface area contributed by atoms with Crippen LogP contribution in [0.2, 0.25) is 5.02 Å². The maximum Gasteiger partial charge on any atom is 0.309 e. The Kier molecular flexibility index (Phi) is 5.53. The fraction of sp³-hybridized carbons (Fsp3) is 0.294. The van der Waals surface area contributed by atoms with Crippen molar-refractivity contribution in [1.29, 1.82) is 0 Å². The molecule has 0 radical (unpaired) electrons. The van der Waals surface area contributed by atoms with Crippen molar-refractivity contribution in [3.63, 3.8) is 0 Å². The lowest BCUT2D eigenvalue weighted by Gasteiger charge is -2.22. The molecule has 136 valence electrons. The van der Waals surface area contributed by atoms with Gasteiger partial charge in [0.2, 0.25) is 5.91 Å². The molecule has 0 spiro atoms. The second-order valence-electron chi connectivity index (χ2n) is 5.91. The SMILES string of the molecule is O=C(O)Cc1csc(NC(=O)CN(C(=O)c2ccccc2Cl)C2CC2)n1. The number of aliphatic carboxylic acids is 1. The monoisotopic (exact) mass is 393 g/mol. The highest BCUT2D eigenvalue weighted by molar-refractivity contribution is 7.13. The van der Waals surface area contributed by atoms with Gasteiger partial charge in [0.1, 0.15) is 6.54 Å². The van der Waals surface area contributed by atoms with Gasteiger partial charge in [0.15, 0.2) is 5.13 Å². The Morgan fingerprint density at radius 1 is 1.31 bits per heavy atom. The van der Waals surface area contributed by atoms with E-state index in [4.69, 9.17) is 16.7 Å². The summed E-state index contributed by atoms with van der Waals surface area (Å²) in [6, 6.07) is 6.77. The molecule has 0 saturated heterocycles. The molecule has 0 unspecified atom stereocenters. The number of amides is 2. The average Bonchev–Trinajstić information content (AvgIpc) is 3.34. The van der Waals surface area contributed by atoms with E-state index in [1.54, 1.807) is 29.6 Å². The summed E-state index contributed by atoms with van der Waals surface area (Å²) in [6.45, 7) is -0.109. The lowest BCUT2D eigenvalue weighted by Crippen LogP contribution is -2.39. The van der Waals surface area contributed by atoms with Gasteiger partial charge < -0.3 is 15.3 Å². The number of nitrogens with zero attached hydrogens (tertiary/aromatic N) is 2. The Morgan fingerprint density at radius 2 is 2.04 bits per heavy atom. The van der Waals surface area contributed by atoms with Gasteiger partial charge in [0, 0.05) is 11.4 Å². The molecule has 0 atom stereocenters. The first kappa shape index (κ1) is 18.3. The Hall–Kier alpha value is -2.45. The van der Waals surface area contributed by atoms with Crippen LogP contribution in [0.5, 0.6) is 0 Å². The molecule has 1 fully saturated rings. The summed E-state index contributed by atoms with van der Waals surface area (Å²) in [5, 5.41) is 13.6. The van der Waals surface area contributed by atoms with Crippen LogP contribution in [0.15, 0.2) is 29.6 Å². The molecule has 0 aliphatic heterocycles. The highest BCUT2D eigenvalue weighted by Gasteiger charge is 2.35. The second kappa shape index (κ2) is 7.84. The summed E-state index contributed by atoms with van der Waals surface area (Å²) < 4.78 is 0. The van der Waals surface area contributed by atoms with Crippen LogP contribution in [0.25, 0.3) is 0 Å². The van der Waals surface area contributed by atoms with E-state index in [9.17, 15) is 14.4 Å². The van der Waals surface area contributed by atoms with Crippen molar-refractivity contribution >= 4 is 45.9 Å². The minimum Gasteiger partial charge on any atom is -0.481 e. The fourth-order valence-electron chi connectivity index (χ4n) is 2.46. The minimum atomic E-state index is -0.988. The van der Waals surface area contributed by atoms with Crippen molar-refractivity contribution in [3.8, 4) is 0 Å². The number of benzene rings is 1. The average molecular weight is 394 g/mol. The van der Waals surface area contributed by atoms with E-state index in [1.807, 2.05) is 0 Å². The molecule has 9 heteroatoms. The molecule has 2 amide bonds. The maximum absolute atomic E-state index is 12.7. The van der Waals surface area contributed by atoms with Gasteiger partial charge in [-0.2, -0.15) is 0 Å². The van der Waals surface area contributed by atoms with Crippen LogP contribution in [-0.4, -0.2) is 45.4 Å². The number of carboxylic acid groups (broad SMARTS) is 1. The smallest absolute Gasteiger partial charge is 0.309 e. The van der Waals surface area contributed by atoms with E-state index in [-0.39, 0.29) is 30.8 Å². The van der Waals surface area contributed by atoms with E-state index < -0.39 is 5.97 Å². The van der Waals surface area contributed by atoms with Gasteiger partial charge in [0.25, 0.3) is 5.91 Å². The van der Waals surface area contributed by atoms with Crippen LogP contribution >= 0.6 is 22.9 Å². The number of carbonyl (C=O) groups excluding carboxylic acids is 2. The second-order valence-corrected chi connectivity index (χ2v) is 7.17. The number of aromatic nitrogens is 1. The normalized spacial score (nSPS) is 13.3. The van der Waals surface area contributed by atoms with Crippen LogP contribution in [0.3, 0.4) is 0 Å². The number of carbonyl (C=O) groups is 3. The lowest BCUT2D eigenvalue weighted by atomic mass is 10.2. The largest absolute Gasteiger partial charge is 0.481 e. The van der Waals surface area contributed by atoms with E-state index in [1.165, 1.54) is 4.90 Å². The highest BCUT2D eigenvalue weighted by atomic mass is 35.5. The third-order valence-electron chi connectivity index (χ3n) is 3.80. The zero-order valence-electron chi connectivity index (χ0n) is 13.6. The molecule has 2 aromatic rings. The zero-order valence-corrected chi connectivity index (χ0v) is 15.2. The molecule has 7 nitrogen and oxygen atoms in total. The Morgan fingerprint density at radius 3 is 2.69 bits per heavy atom. The van der Waals surface area contributed by atoms with Gasteiger partial charge in [-0.15, -0.1) is 11.3 Å². The van der Waals surface area contributed by atoms with Gasteiger partial charge >= 0.3 is 5.97 Å². The summed E-state index contributed by atoms with van der Waals surface area (Å²) in [5.41, 5.74) is 0.746. The summed E-state index contributed by atoms with van der Waals surface area (Å²) in [4.78, 5) is 41.3. The number of rotatable bonds is 7. The third kappa shape index (κ3) is 4.59. The predicted molar refractivity (Wildman–Crippen MR) is 97.6 cm³/mol. The molecule has 1 aromatic heterocycles. The van der Waals surface area contributed by atoms with Crippen LogP contribution in [0.4, 0.5) is 5.13 Å². The quantitative estimate of drug-likeness (QED) is 0.753. The van der Waals surface area contributed by atoms with Gasteiger partial charge in [-0.05, 0) is 25.0 Å². The van der Waals surface area contributed by atoms with Crippen LogP contribution in [0.1, 0.15) is 28.9 Å². The molecule has 1 aromatic carbocycles. The number of thiazole rings is 1. The maximum atomic E-state index is 12.7. The Labute approximate surface area is 158 Å². The fourth-order valence-corrected chi connectivity index (χ4v) is 3.40. The summed E-state index contributed by atoms with van der Waals surface area (Å²) in [7, 11) is 0. The van der Waals surface area contributed by atoms with Crippen molar-refractivity contribution in [2.75, 3.05) is 11.9 Å².